The van der Waals surface area contributed by atoms with Gasteiger partial charge in [0, 0.05) is 17.7 Å². The zero-order valence-corrected chi connectivity index (χ0v) is 17.6. The molecule has 2 aromatic heterocycles. The third-order valence-corrected chi connectivity index (χ3v) is 5.04. The highest BCUT2D eigenvalue weighted by Gasteiger charge is 2.18. The van der Waals surface area contributed by atoms with Gasteiger partial charge in [-0.15, -0.1) is 0 Å². The van der Waals surface area contributed by atoms with E-state index in [9.17, 15) is 9.59 Å². The third kappa shape index (κ3) is 4.23. The van der Waals surface area contributed by atoms with Gasteiger partial charge in [0.15, 0.2) is 5.82 Å². The number of rotatable bonds is 6. The molecule has 0 saturated carbocycles. The molecule has 1 N–H and O–H groups in total. The fraction of sp³-hybridized carbons (Fsp3) is 0.261. The molecule has 31 heavy (non-hydrogen) atoms. The number of hydrogen-bond donors (Lipinski definition) is 1. The minimum atomic E-state index is -0.177. The Hall–Kier alpha value is -3.81. The molecule has 0 aliphatic carbocycles. The molecule has 0 aliphatic rings. The summed E-state index contributed by atoms with van der Waals surface area (Å²) in [4.78, 5) is 29.2. The lowest BCUT2D eigenvalue weighted by atomic mass is 10.1. The Kier molecular flexibility index (Phi) is 5.62. The van der Waals surface area contributed by atoms with Crippen molar-refractivity contribution in [3.63, 3.8) is 0 Å². The summed E-state index contributed by atoms with van der Waals surface area (Å²) >= 11 is 0. The van der Waals surface area contributed by atoms with Gasteiger partial charge in [0.05, 0.1) is 29.5 Å². The van der Waals surface area contributed by atoms with Crippen molar-refractivity contribution >= 4 is 22.5 Å². The van der Waals surface area contributed by atoms with E-state index in [0.29, 0.717) is 40.4 Å². The highest BCUT2D eigenvalue weighted by Crippen LogP contribution is 2.30. The molecule has 0 atom stereocenters. The molecular formula is C23H23N5O3. The van der Waals surface area contributed by atoms with Crippen molar-refractivity contribution < 1.29 is 9.32 Å². The number of aromatic nitrogens is 4. The highest BCUT2D eigenvalue weighted by atomic mass is 16.5. The van der Waals surface area contributed by atoms with Crippen LogP contribution in [-0.2, 0) is 11.3 Å². The first-order chi connectivity index (χ1) is 14.9. The number of anilines is 1. The number of carbonyl (C=O) groups excluding carboxylic acids is 1. The molecule has 2 aromatic carbocycles. The van der Waals surface area contributed by atoms with Crippen molar-refractivity contribution in [2.45, 2.75) is 39.7 Å². The van der Waals surface area contributed by atoms with Gasteiger partial charge in [0.2, 0.25) is 11.3 Å². The molecule has 2 heterocycles. The van der Waals surface area contributed by atoms with Crippen molar-refractivity contribution in [3.05, 3.63) is 70.3 Å². The van der Waals surface area contributed by atoms with Crippen LogP contribution in [0.15, 0.2) is 58.0 Å². The lowest BCUT2D eigenvalue weighted by molar-refractivity contribution is -0.116. The molecule has 0 aliphatic heterocycles. The molecule has 0 radical (unpaired) electrons. The summed E-state index contributed by atoms with van der Waals surface area (Å²) in [7, 11) is 0. The van der Waals surface area contributed by atoms with E-state index in [-0.39, 0.29) is 23.7 Å². The first kappa shape index (κ1) is 20.5. The second kappa shape index (κ2) is 8.51. The second-order valence-electron chi connectivity index (χ2n) is 7.66. The lowest BCUT2D eigenvalue weighted by Gasteiger charge is -2.13. The maximum absolute atomic E-state index is 12.8. The molecule has 0 bridgehead atoms. The van der Waals surface area contributed by atoms with Crippen molar-refractivity contribution in [3.8, 4) is 11.5 Å². The molecule has 0 spiro atoms. The number of nitrogens with zero attached hydrogens (tertiary/aromatic N) is 4. The topological polar surface area (TPSA) is 103 Å². The van der Waals surface area contributed by atoms with E-state index in [2.05, 4.69) is 20.6 Å². The maximum Gasteiger partial charge on any atom is 0.260 e. The van der Waals surface area contributed by atoms with E-state index in [1.165, 1.54) is 6.20 Å². The minimum absolute atomic E-state index is 0.138. The summed E-state index contributed by atoms with van der Waals surface area (Å²) in [5, 5.41) is 11.8. The minimum Gasteiger partial charge on any atom is -0.334 e. The monoisotopic (exact) mass is 417 g/mol. The van der Waals surface area contributed by atoms with Crippen molar-refractivity contribution in [2.24, 2.45) is 0 Å². The Labute approximate surface area is 178 Å². The SMILES string of the molecule is Cc1cccc(-c2nc(C(C)C)no2)c1NC(=O)CCn1ncc(=O)c2ccccc21. The van der Waals surface area contributed by atoms with E-state index in [1.54, 1.807) is 10.7 Å². The van der Waals surface area contributed by atoms with Crippen LogP contribution in [0.1, 0.15) is 37.6 Å². The van der Waals surface area contributed by atoms with E-state index in [1.807, 2.05) is 57.2 Å². The predicted octanol–water partition coefficient (Wildman–Crippen LogP) is 3.91. The average Bonchev–Trinajstić information content (AvgIpc) is 3.25. The van der Waals surface area contributed by atoms with Crippen LogP contribution in [-0.4, -0.2) is 25.8 Å². The first-order valence-electron chi connectivity index (χ1n) is 10.1. The summed E-state index contributed by atoms with van der Waals surface area (Å²) in [6.07, 6.45) is 1.47. The van der Waals surface area contributed by atoms with Gasteiger partial charge in [-0.05, 0) is 30.7 Å². The Bertz CT molecular complexity index is 1310. The van der Waals surface area contributed by atoms with Crippen LogP contribution in [0.3, 0.4) is 0 Å². The average molecular weight is 417 g/mol. The molecule has 0 unspecified atom stereocenters. The molecule has 0 fully saturated rings. The fourth-order valence-electron chi connectivity index (χ4n) is 3.34. The summed E-state index contributed by atoms with van der Waals surface area (Å²) in [5.41, 5.74) is 2.78. The van der Waals surface area contributed by atoms with Crippen molar-refractivity contribution in [1.82, 2.24) is 19.9 Å². The Morgan fingerprint density at radius 3 is 2.74 bits per heavy atom. The zero-order valence-electron chi connectivity index (χ0n) is 17.6. The second-order valence-corrected chi connectivity index (χ2v) is 7.66. The quantitative estimate of drug-likeness (QED) is 0.510. The van der Waals surface area contributed by atoms with Crippen molar-refractivity contribution in [2.75, 3.05) is 5.32 Å². The Morgan fingerprint density at radius 1 is 1.16 bits per heavy atom. The number of fused-ring (bicyclic) bond motifs is 1. The molecular weight excluding hydrogens is 394 g/mol. The summed E-state index contributed by atoms with van der Waals surface area (Å²) in [6.45, 7) is 6.23. The van der Waals surface area contributed by atoms with Gasteiger partial charge in [-0.1, -0.05) is 43.3 Å². The maximum atomic E-state index is 12.8. The van der Waals surface area contributed by atoms with E-state index >= 15 is 0 Å². The van der Waals surface area contributed by atoms with E-state index in [4.69, 9.17) is 4.52 Å². The number of amides is 1. The first-order valence-corrected chi connectivity index (χ1v) is 10.1. The van der Waals surface area contributed by atoms with Gasteiger partial charge in [-0.3, -0.25) is 14.3 Å². The highest BCUT2D eigenvalue weighted by molar-refractivity contribution is 5.95. The number of aryl methyl sites for hydroxylation is 2. The van der Waals surface area contributed by atoms with Crippen LogP contribution in [0.25, 0.3) is 22.4 Å². The number of carbonyl (C=O) groups is 1. The Morgan fingerprint density at radius 2 is 1.97 bits per heavy atom. The molecule has 1 amide bonds. The molecule has 0 saturated heterocycles. The zero-order chi connectivity index (χ0) is 22.0. The lowest BCUT2D eigenvalue weighted by Crippen LogP contribution is -2.18. The number of nitrogens with one attached hydrogen (secondary N) is 1. The van der Waals surface area contributed by atoms with Crippen LogP contribution in [0.2, 0.25) is 0 Å². The standard InChI is InChI=1S/C23H23N5O3/c1-14(2)22-26-23(31-27-22)17-9-6-7-15(3)21(17)25-20(30)11-12-28-18-10-5-4-8-16(18)19(29)13-24-28/h4-10,13-14H,11-12H2,1-3H3,(H,25,30). The largest absolute Gasteiger partial charge is 0.334 e. The van der Waals surface area contributed by atoms with Gasteiger partial charge in [0.1, 0.15) is 0 Å². The van der Waals surface area contributed by atoms with E-state index in [0.717, 1.165) is 5.56 Å². The smallest absolute Gasteiger partial charge is 0.260 e. The van der Waals surface area contributed by atoms with Gasteiger partial charge >= 0.3 is 0 Å². The summed E-state index contributed by atoms with van der Waals surface area (Å²) < 4.78 is 7.09. The summed E-state index contributed by atoms with van der Waals surface area (Å²) in [6, 6.07) is 12.9. The van der Waals surface area contributed by atoms with Gasteiger partial charge in [-0.25, -0.2) is 0 Å². The molecule has 4 rings (SSSR count). The van der Waals surface area contributed by atoms with Crippen LogP contribution in [0, 0.1) is 6.92 Å². The molecule has 4 aromatic rings. The number of hydrogen-bond acceptors (Lipinski definition) is 6. The number of para-hydroxylation sites is 2. The molecule has 8 heteroatoms. The summed E-state index contributed by atoms with van der Waals surface area (Å²) in [5.74, 6) is 0.949. The van der Waals surface area contributed by atoms with Crippen LogP contribution in [0.4, 0.5) is 5.69 Å². The van der Waals surface area contributed by atoms with Crippen LogP contribution >= 0.6 is 0 Å². The third-order valence-electron chi connectivity index (χ3n) is 5.04. The van der Waals surface area contributed by atoms with Gasteiger partial charge in [0.25, 0.3) is 5.89 Å². The Balaban J connectivity index is 1.54. The van der Waals surface area contributed by atoms with Gasteiger partial charge < -0.3 is 9.84 Å². The number of benzene rings is 2. The normalized spacial score (nSPS) is 11.2. The van der Waals surface area contributed by atoms with Crippen LogP contribution < -0.4 is 10.7 Å². The van der Waals surface area contributed by atoms with Crippen molar-refractivity contribution in [1.29, 1.82) is 0 Å². The fourth-order valence-corrected chi connectivity index (χ4v) is 3.34. The molecule has 158 valence electrons. The molecule has 8 nitrogen and oxygen atoms in total. The van der Waals surface area contributed by atoms with Crippen LogP contribution in [0.5, 0.6) is 0 Å². The predicted molar refractivity (Wildman–Crippen MR) is 118 cm³/mol. The van der Waals surface area contributed by atoms with Gasteiger partial charge in [-0.2, -0.15) is 10.1 Å². The van der Waals surface area contributed by atoms with E-state index < -0.39 is 0 Å².